The number of hydrogen-bond donors (Lipinski definition) is 5. The van der Waals surface area contributed by atoms with Crippen LogP contribution in [0.4, 0.5) is 11.8 Å². The Hall–Kier alpha value is -2.39. The quantitative estimate of drug-likeness (QED) is 0.447. The third-order valence-corrected chi connectivity index (χ3v) is 5.18. The van der Waals surface area contributed by atoms with Gasteiger partial charge in [-0.25, -0.2) is 4.98 Å². The maximum Gasteiger partial charge on any atom is 0.343 e. The Bertz CT molecular complexity index is 847. The van der Waals surface area contributed by atoms with Crippen molar-refractivity contribution in [3.63, 3.8) is 0 Å². The van der Waals surface area contributed by atoms with Gasteiger partial charge in [-0.15, -0.1) is 0 Å². The molecule has 0 radical (unpaired) electrons. The molecule has 0 spiro atoms. The van der Waals surface area contributed by atoms with Crippen LogP contribution in [0.1, 0.15) is 17.5 Å². The molecule has 8 nitrogen and oxygen atoms in total. The number of aromatic amines is 1. The zero-order chi connectivity index (χ0) is 20.3. The second-order valence-electron chi connectivity index (χ2n) is 6.72. The summed E-state index contributed by atoms with van der Waals surface area (Å²) < 4.78 is 5.15. The lowest BCUT2D eigenvalue weighted by atomic mass is 10.1. The number of aliphatic hydroxyl groups excluding tert-OH is 3. The Morgan fingerprint density at radius 2 is 2.00 bits per heavy atom. The topological polar surface area (TPSA) is 135 Å². The molecule has 1 heterocycles. The number of halogens is 1. The van der Waals surface area contributed by atoms with Gasteiger partial charge in [0.2, 0.25) is 11.0 Å². The monoisotopic (exact) mass is 407 g/mol. The average molecular weight is 408 g/mol. The van der Waals surface area contributed by atoms with Crippen molar-refractivity contribution in [3.05, 3.63) is 40.5 Å². The number of aromatic nitrogens is 2. The highest BCUT2D eigenvalue weighted by Gasteiger charge is 2.42. The normalized spacial score (nSPS) is 24.6. The summed E-state index contributed by atoms with van der Waals surface area (Å²) in [6, 6.07) is 7.01. The number of ether oxygens (including phenoxy) is 1. The van der Waals surface area contributed by atoms with Crippen molar-refractivity contribution in [1.82, 2.24) is 4.98 Å². The summed E-state index contributed by atoms with van der Waals surface area (Å²) >= 11 is 6.28. The summed E-state index contributed by atoms with van der Waals surface area (Å²) in [4.78, 5) is 6.95. The molecule has 4 atom stereocenters. The van der Waals surface area contributed by atoms with Gasteiger partial charge in [0, 0.05) is 12.5 Å². The number of benzene rings is 1. The van der Waals surface area contributed by atoms with E-state index in [1.807, 2.05) is 30.3 Å². The molecule has 1 aromatic heterocycles. The van der Waals surface area contributed by atoms with Crippen molar-refractivity contribution >= 4 is 35.5 Å². The summed E-state index contributed by atoms with van der Waals surface area (Å²) in [5, 5.41) is 33.0. The lowest BCUT2D eigenvalue weighted by Crippen LogP contribution is -2.37. The van der Waals surface area contributed by atoms with Crippen LogP contribution < -0.4 is 20.8 Å². The molecule has 0 bridgehead atoms. The minimum Gasteiger partial charge on any atom is -0.497 e. The van der Waals surface area contributed by atoms with E-state index in [1.54, 1.807) is 13.2 Å². The van der Waals surface area contributed by atoms with Crippen molar-refractivity contribution in [2.24, 2.45) is 5.92 Å². The number of anilines is 2. The fourth-order valence-corrected chi connectivity index (χ4v) is 3.54. The van der Waals surface area contributed by atoms with E-state index < -0.39 is 24.2 Å². The minimum absolute atomic E-state index is 0.112. The highest BCUT2D eigenvalue weighted by Crippen LogP contribution is 2.30. The largest absolute Gasteiger partial charge is 0.497 e. The minimum atomic E-state index is -1.03. The Labute approximate surface area is 167 Å². The summed E-state index contributed by atoms with van der Waals surface area (Å²) in [5.74, 6) is 0.936. The predicted molar refractivity (Wildman–Crippen MR) is 107 cm³/mol. The van der Waals surface area contributed by atoms with Gasteiger partial charge in [-0.2, -0.15) is 0 Å². The lowest BCUT2D eigenvalue weighted by molar-refractivity contribution is -0.348. The molecule has 0 amide bonds. The number of nitrogen functional groups attached to an aromatic ring is 1. The molecular weight excluding hydrogens is 384 g/mol. The van der Waals surface area contributed by atoms with Gasteiger partial charge in [-0.3, -0.25) is 0 Å². The number of nitrogens with zero attached hydrogens (tertiary/aromatic N) is 1. The van der Waals surface area contributed by atoms with E-state index in [0.717, 1.165) is 11.3 Å². The van der Waals surface area contributed by atoms with Gasteiger partial charge < -0.3 is 31.1 Å². The van der Waals surface area contributed by atoms with Crippen LogP contribution in [0.2, 0.25) is 5.15 Å². The molecular formula is C19H24ClN4O4+. The number of aliphatic hydroxyl groups is 3. The molecule has 1 aliphatic rings. The summed E-state index contributed by atoms with van der Waals surface area (Å²) in [6.07, 6.45) is 1.99. The molecule has 1 saturated carbocycles. The molecule has 9 heteroatoms. The molecule has 1 aliphatic carbocycles. The maximum absolute atomic E-state index is 10.3. The van der Waals surface area contributed by atoms with Gasteiger partial charge in [0.25, 0.3) is 0 Å². The van der Waals surface area contributed by atoms with Crippen LogP contribution in [0.25, 0.3) is 12.2 Å². The van der Waals surface area contributed by atoms with Crippen molar-refractivity contribution in [2.75, 3.05) is 24.8 Å². The van der Waals surface area contributed by atoms with Crippen molar-refractivity contribution < 1.29 is 25.0 Å². The number of methoxy groups -OCH3 is 1. The summed E-state index contributed by atoms with van der Waals surface area (Å²) in [6.45, 7) is -0.205. The Kier molecular flexibility index (Phi) is 6.35. The van der Waals surface area contributed by atoms with Crippen LogP contribution >= 0.6 is 11.6 Å². The first-order valence-electron chi connectivity index (χ1n) is 8.87. The van der Waals surface area contributed by atoms with E-state index in [4.69, 9.17) is 22.1 Å². The number of nitrogens with two attached hydrogens (primary N) is 1. The van der Waals surface area contributed by atoms with Gasteiger partial charge in [-0.05, 0) is 41.8 Å². The number of rotatable bonds is 6. The number of hydrogen-bond acceptors (Lipinski definition) is 7. The zero-order valence-electron chi connectivity index (χ0n) is 15.3. The smallest absolute Gasteiger partial charge is 0.343 e. The molecule has 4 unspecified atom stereocenters. The van der Waals surface area contributed by atoms with Crippen LogP contribution in [-0.2, 0) is 0 Å². The van der Waals surface area contributed by atoms with E-state index in [2.05, 4.69) is 15.3 Å². The second-order valence-corrected chi connectivity index (χ2v) is 7.08. The molecule has 7 N–H and O–H groups in total. The third kappa shape index (κ3) is 4.36. The molecule has 1 fully saturated rings. The van der Waals surface area contributed by atoms with Crippen LogP contribution in [0.5, 0.6) is 5.75 Å². The Balaban J connectivity index is 1.86. The van der Waals surface area contributed by atoms with E-state index >= 15 is 0 Å². The van der Waals surface area contributed by atoms with E-state index in [0.29, 0.717) is 17.8 Å². The van der Waals surface area contributed by atoms with Gasteiger partial charge in [0.15, 0.2) is 0 Å². The van der Waals surface area contributed by atoms with Crippen molar-refractivity contribution in [2.45, 2.75) is 24.7 Å². The van der Waals surface area contributed by atoms with Crippen LogP contribution in [0, 0.1) is 5.92 Å². The molecule has 0 saturated heterocycles. The highest BCUT2D eigenvalue weighted by atomic mass is 35.5. The second kappa shape index (κ2) is 8.74. The van der Waals surface area contributed by atoms with Crippen LogP contribution in [0.3, 0.4) is 0 Å². The fourth-order valence-electron chi connectivity index (χ4n) is 3.29. The molecule has 28 heavy (non-hydrogen) atoms. The molecule has 150 valence electrons. The van der Waals surface area contributed by atoms with Gasteiger partial charge in [0.05, 0.1) is 24.8 Å². The first-order chi connectivity index (χ1) is 13.4. The van der Waals surface area contributed by atoms with Gasteiger partial charge in [0.1, 0.15) is 11.9 Å². The van der Waals surface area contributed by atoms with E-state index in [1.165, 1.54) is 0 Å². The van der Waals surface area contributed by atoms with Crippen molar-refractivity contribution in [1.29, 1.82) is 0 Å². The summed E-state index contributed by atoms with van der Waals surface area (Å²) in [5.41, 5.74) is 7.26. The maximum atomic E-state index is 10.3. The van der Waals surface area contributed by atoms with E-state index in [-0.39, 0.29) is 17.7 Å². The van der Waals surface area contributed by atoms with Gasteiger partial charge >= 0.3 is 5.95 Å². The molecule has 3 rings (SSSR count). The fraction of sp³-hybridized carbons (Fsp3) is 0.368. The Morgan fingerprint density at radius 3 is 2.61 bits per heavy atom. The number of H-pyrrole nitrogens is 1. The molecule has 1 aromatic carbocycles. The zero-order valence-corrected chi connectivity index (χ0v) is 16.1. The SMILES string of the molecule is COc1ccc(C=Cc2c(Cl)nc(N)[nH+]c2NC2CC(CO)C(O)C2O)cc1. The van der Waals surface area contributed by atoms with E-state index in [9.17, 15) is 15.3 Å². The van der Waals surface area contributed by atoms with Crippen LogP contribution in [0.15, 0.2) is 24.3 Å². The standard InChI is InChI=1S/C19H23ClN4O4/c1-28-12-5-2-10(3-6-12)4-7-13-17(20)23-19(21)24-18(13)22-14-8-11(9-25)15(26)16(14)27/h2-7,11,14-16,25-27H,8-9H2,1H3,(H3,21,22,23,24)/p+1. The molecule has 2 aromatic rings. The number of nitrogens with one attached hydrogen (secondary N) is 2. The lowest BCUT2D eigenvalue weighted by Gasteiger charge is -2.17. The third-order valence-electron chi connectivity index (χ3n) is 4.89. The first-order valence-corrected chi connectivity index (χ1v) is 9.24. The van der Waals surface area contributed by atoms with Crippen molar-refractivity contribution in [3.8, 4) is 5.75 Å². The summed E-state index contributed by atoms with van der Waals surface area (Å²) in [7, 11) is 1.61. The Morgan fingerprint density at radius 1 is 1.29 bits per heavy atom. The van der Waals surface area contributed by atoms with Crippen LogP contribution in [-0.4, -0.2) is 52.3 Å². The average Bonchev–Trinajstić information content (AvgIpc) is 2.95. The molecule has 0 aliphatic heterocycles. The predicted octanol–water partition coefficient (Wildman–Crippen LogP) is 0.825. The first kappa shape index (κ1) is 20.3. The van der Waals surface area contributed by atoms with Gasteiger partial charge in [-0.1, -0.05) is 23.2 Å². The highest BCUT2D eigenvalue weighted by molar-refractivity contribution is 6.31.